The van der Waals surface area contributed by atoms with Crippen molar-refractivity contribution in [2.45, 2.75) is 26.2 Å². The summed E-state index contributed by atoms with van der Waals surface area (Å²) in [6, 6.07) is 0. The van der Waals surface area contributed by atoms with Gasteiger partial charge in [0.15, 0.2) is 0 Å². The summed E-state index contributed by atoms with van der Waals surface area (Å²) < 4.78 is 1.86. The summed E-state index contributed by atoms with van der Waals surface area (Å²) >= 11 is 0. The molecule has 0 aliphatic heterocycles. The average Bonchev–Trinajstić information content (AvgIpc) is 2.65. The van der Waals surface area contributed by atoms with E-state index in [0.29, 0.717) is 5.92 Å². The first-order valence-corrected chi connectivity index (χ1v) is 5.26. The molecular weight excluding hydrogens is 192 g/mol. The lowest BCUT2D eigenvalue weighted by atomic mass is 9.84. The van der Waals surface area contributed by atoms with Crippen LogP contribution in [0.1, 0.15) is 31.0 Å². The Bertz CT molecular complexity index is 397. The summed E-state index contributed by atoms with van der Waals surface area (Å²) in [6.45, 7) is 3.90. The lowest BCUT2D eigenvalue weighted by Crippen LogP contribution is -2.21. The molecule has 82 valence electrons. The van der Waals surface area contributed by atoms with Crippen LogP contribution >= 0.6 is 0 Å². The number of fused-ring (bicyclic) bond motifs is 1. The van der Waals surface area contributed by atoms with Crippen molar-refractivity contribution in [1.82, 2.24) is 9.78 Å². The second kappa shape index (κ2) is 3.36. The number of carbonyl (C=O) groups is 1. The van der Waals surface area contributed by atoms with Crippen molar-refractivity contribution in [3.8, 4) is 0 Å². The van der Waals surface area contributed by atoms with E-state index < -0.39 is 5.97 Å². The van der Waals surface area contributed by atoms with E-state index in [1.54, 1.807) is 6.92 Å². The number of carboxylic acid groups (broad SMARTS) is 1. The normalized spacial score (nSPS) is 26.3. The maximum absolute atomic E-state index is 11.0. The summed E-state index contributed by atoms with van der Waals surface area (Å²) in [5.41, 5.74) is 2.32. The van der Waals surface area contributed by atoms with Crippen LogP contribution in [-0.2, 0) is 18.3 Å². The van der Waals surface area contributed by atoms with Gasteiger partial charge in [-0.15, -0.1) is 0 Å². The molecule has 0 spiro atoms. The van der Waals surface area contributed by atoms with Gasteiger partial charge in [-0.1, -0.05) is 13.8 Å². The highest BCUT2D eigenvalue weighted by atomic mass is 16.4. The number of hydrogen-bond acceptors (Lipinski definition) is 2. The highest BCUT2D eigenvalue weighted by Crippen LogP contribution is 2.42. The fourth-order valence-electron chi connectivity index (χ4n) is 2.66. The molecule has 1 aliphatic rings. The van der Waals surface area contributed by atoms with Crippen LogP contribution in [0.15, 0.2) is 6.20 Å². The lowest BCUT2D eigenvalue weighted by Gasteiger charge is -2.19. The van der Waals surface area contributed by atoms with Crippen LogP contribution in [0.5, 0.6) is 0 Å². The van der Waals surface area contributed by atoms with Crippen molar-refractivity contribution >= 4 is 5.97 Å². The number of carboxylic acids is 1. The van der Waals surface area contributed by atoms with E-state index in [1.165, 1.54) is 5.69 Å². The fourth-order valence-corrected chi connectivity index (χ4v) is 2.66. The van der Waals surface area contributed by atoms with E-state index >= 15 is 0 Å². The molecule has 1 aromatic rings. The molecule has 0 bridgehead atoms. The van der Waals surface area contributed by atoms with E-state index in [2.05, 4.69) is 12.0 Å². The first-order valence-electron chi connectivity index (χ1n) is 5.26. The minimum absolute atomic E-state index is 0.117. The largest absolute Gasteiger partial charge is 0.481 e. The topological polar surface area (TPSA) is 55.1 Å². The molecule has 4 heteroatoms. The lowest BCUT2D eigenvalue weighted by molar-refractivity contribution is -0.142. The summed E-state index contributed by atoms with van der Waals surface area (Å²) in [5.74, 6) is -0.532. The number of aliphatic carboxylic acids is 1. The highest BCUT2D eigenvalue weighted by Gasteiger charge is 2.38. The van der Waals surface area contributed by atoms with Gasteiger partial charge < -0.3 is 5.11 Å². The third-order valence-electron chi connectivity index (χ3n) is 3.51. The molecule has 2 rings (SSSR count). The molecule has 15 heavy (non-hydrogen) atoms. The number of rotatable bonds is 2. The Hall–Kier alpha value is -1.32. The Balaban J connectivity index is 2.37. The van der Waals surface area contributed by atoms with Gasteiger partial charge in [0.25, 0.3) is 0 Å². The summed E-state index contributed by atoms with van der Waals surface area (Å²) in [4.78, 5) is 11.0. The van der Waals surface area contributed by atoms with Crippen molar-refractivity contribution in [3.05, 3.63) is 17.5 Å². The minimum Gasteiger partial charge on any atom is -0.481 e. The van der Waals surface area contributed by atoms with Crippen molar-refractivity contribution in [1.29, 1.82) is 0 Å². The maximum atomic E-state index is 11.0. The van der Waals surface area contributed by atoms with Crippen LogP contribution in [-0.4, -0.2) is 20.9 Å². The second-order valence-electron chi connectivity index (χ2n) is 4.50. The molecule has 1 aromatic heterocycles. The number of hydrogen-bond donors (Lipinski definition) is 1. The van der Waals surface area contributed by atoms with Crippen LogP contribution in [0.4, 0.5) is 0 Å². The van der Waals surface area contributed by atoms with Crippen molar-refractivity contribution in [2.24, 2.45) is 18.9 Å². The van der Waals surface area contributed by atoms with Gasteiger partial charge in [0, 0.05) is 18.7 Å². The van der Waals surface area contributed by atoms with Gasteiger partial charge in [-0.3, -0.25) is 9.48 Å². The molecule has 3 atom stereocenters. The Morgan fingerprint density at radius 1 is 1.73 bits per heavy atom. The van der Waals surface area contributed by atoms with Gasteiger partial charge in [-0.25, -0.2) is 0 Å². The zero-order chi connectivity index (χ0) is 11.2. The van der Waals surface area contributed by atoms with Crippen LogP contribution in [0.25, 0.3) is 0 Å². The molecule has 0 fully saturated rings. The van der Waals surface area contributed by atoms with Crippen LogP contribution in [0.2, 0.25) is 0 Å². The van der Waals surface area contributed by atoms with Gasteiger partial charge in [-0.2, -0.15) is 5.10 Å². The Kier molecular flexibility index (Phi) is 2.29. The van der Waals surface area contributed by atoms with E-state index in [-0.39, 0.29) is 11.8 Å². The van der Waals surface area contributed by atoms with Crippen molar-refractivity contribution < 1.29 is 9.90 Å². The number of aryl methyl sites for hydroxylation is 1. The predicted molar refractivity (Wildman–Crippen MR) is 55.6 cm³/mol. The molecule has 0 saturated carbocycles. The zero-order valence-corrected chi connectivity index (χ0v) is 9.27. The molecular formula is C11H16N2O2. The smallest absolute Gasteiger partial charge is 0.306 e. The standard InChI is InChI=1S/C11H16N2O2/c1-6-4-9-8(5-12-13(9)3)10(6)7(2)11(14)15/h5-7,10H,4H2,1-3H3,(H,14,15). The predicted octanol–water partition coefficient (Wildman–Crippen LogP) is 1.42. The third kappa shape index (κ3) is 1.44. The van der Waals surface area contributed by atoms with E-state index in [1.807, 2.05) is 17.9 Å². The molecule has 4 nitrogen and oxygen atoms in total. The summed E-state index contributed by atoms with van der Waals surface area (Å²) in [7, 11) is 1.92. The molecule has 1 N–H and O–H groups in total. The van der Waals surface area contributed by atoms with Crippen molar-refractivity contribution in [2.75, 3.05) is 0 Å². The molecule has 0 aromatic carbocycles. The fraction of sp³-hybridized carbons (Fsp3) is 0.636. The van der Waals surface area contributed by atoms with E-state index in [0.717, 1.165) is 12.0 Å². The van der Waals surface area contributed by atoms with E-state index in [4.69, 9.17) is 5.11 Å². The summed E-state index contributed by atoms with van der Waals surface area (Å²) in [5, 5.41) is 13.3. The van der Waals surface area contributed by atoms with Crippen LogP contribution < -0.4 is 0 Å². The number of nitrogens with zero attached hydrogens (tertiary/aromatic N) is 2. The Morgan fingerprint density at radius 3 is 3.00 bits per heavy atom. The SMILES string of the molecule is CC1Cc2c(cnn2C)C1C(C)C(=O)O. The zero-order valence-electron chi connectivity index (χ0n) is 9.27. The van der Waals surface area contributed by atoms with Crippen LogP contribution in [0.3, 0.4) is 0 Å². The molecule has 1 aliphatic carbocycles. The van der Waals surface area contributed by atoms with E-state index in [9.17, 15) is 4.79 Å². The highest BCUT2D eigenvalue weighted by molar-refractivity contribution is 5.71. The second-order valence-corrected chi connectivity index (χ2v) is 4.50. The summed E-state index contributed by atoms with van der Waals surface area (Å²) in [6.07, 6.45) is 2.76. The van der Waals surface area contributed by atoms with Gasteiger partial charge in [0.05, 0.1) is 12.1 Å². The average molecular weight is 208 g/mol. The first-order chi connectivity index (χ1) is 7.02. The molecule has 0 radical (unpaired) electrons. The Labute approximate surface area is 88.9 Å². The van der Waals surface area contributed by atoms with Crippen LogP contribution in [0, 0.1) is 11.8 Å². The van der Waals surface area contributed by atoms with Gasteiger partial charge in [0.2, 0.25) is 0 Å². The quantitative estimate of drug-likeness (QED) is 0.799. The molecule has 1 heterocycles. The minimum atomic E-state index is -0.719. The molecule has 3 unspecified atom stereocenters. The third-order valence-corrected chi connectivity index (χ3v) is 3.51. The molecule has 0 saturated heterocycles. The number of aromatic nitrogens is 2. The van der Waals surface area contributed by atoms with Gasteiger partial charge >= 0.3 is 5.97 Å². The van der Waals surface area contributed by atoms with Crippen molar-refractivity contribution in [3.63, 3.8) is 0 Å². The monoisotopic (exact) mass is 208 g/mol. The Morgan fingerprint density at radius 2 is 2.40 bits per heavy atom. The molecule has 0 amide bonds. The van der Waals surface area contributed by atoms with Gasteiger partial charge in [-0.05, 0) is 17.9 Å². The van der Waals surface area contributed by atoms with Gasteiger partial charge in [0.1, 0.15) is 0 Å². The maximum Gasteiger partial charge on any atom is 0.306 e. The first kappa shape index (κ1) is 10.2.